The molecule has 0 spiro atoms. The molecule has 1 atom stereocenters. The standard InChI is InChI=1S/C18H19F3N2O4S/c1-12-4-8-15(9-5-12)23(28(3,25)26)13(2)17(24)22-14-6-10-16(11-7-14)27-18(19,20)21/h4-11,13H,1-3H3,(H,22,24)/t13-/m0/s1. The smallest absolute Gasteiger partial charge is 0.406 e. The summed E-state index contributed by atoms with van der Waals surface area (Å²) in [4.78, 5) is 12.5. The highest BCUT2D eigenvalue weighted by atomic mass is 32.2. The molecule has 0 unspecified atom stereocenters. The Morgan fingerprint density at radius 2 is 1.61 bits per heavy atom. The van der Waals surface area contributed by atoms with Gasteiger partial charge in [0, 0.05) is 5.69 Å². The van der Waals surface area contributed by atoms with Gasteiger partial charge in [-0.25, -0.2) is 8.42 Å². The third kappa shape index (κ3) is 5.88. The van der Waals surface area contributed by atoms with Crippen molar-refractivity contribution in [2.75, 3.05) is 15.9 Å². The SMILES string of the molecule is Cc1ccc(N([C@@H](C)C(=O)Nc2ccc(OC(F)(F)F)cc2)S(C)(=O)=O)cc1. The summed E-state index contributed by atoms with van der Waals surface area (Å²) in [7, 11) is -3.77. The first-order chi connectivity index (χ1) is 12.9. The fraction of sp³-hybridized carbons (Fsp3) is 0.278. The maximum Gasteiger partial charge on any atom is 0.573 e. The fourth-order valence-electron chi connectivity index (χ4n) is 2.49. The molecular formula is C18H19F3N2O4S. The second kappa shape index (κ2) is 8.09. The van der Waals surface area contributed by atoms with E-state index in [9.17, 15) is 26.4 Å². The van der Waals surface area contributed by atoms with Crippen molar-refractivity contribution < 1.29 is 31.1 Å². The zero-order valence-corrected chi connectivity index (χ0v) is 16.1. The van der Waals surface area contributed by atoms with Gasteiger partial charge < -0.3 is 10.1 Å². The van der Waals surface area contributed by atoms with E-state index in [0.717, 1.165) is 28.3 Å². The van der Waals surface area contributed by atoms with Gasteiger partial charge in [0.25, 0.3) is 0 Å². The molecule has 0 saturated heterocycles. The second-order valence-corrected chi connectivity index (χ2v) is 7.99. The van der Waals surface area contributed by atoms with Crippen LogP contribution in [0.1, 0.15) is 12.5 Å². The van der Waals surface area contributed by atoms with Crippen LogP contribution < -0.4 is 14.4 Å². The average Bonchev–Trinajstić information content (AvgIpc) is 2.56. The Labute approximate surface area is 161 Å². The number of nitrogens with zero attached hydrogens (tertiary/aromatic N) is 1. The van der Waals surface area contributed by atoms with E-state index in [1.165, 1.54) is 19.1 Å². The minimum atomic E-state index is -4.82. The number of carbonyl (C=O) groups is 1. The molecule has 2 aromatic rings. The van der Waals surface area contributed by atoms with Crippen molar-refractivity contribution in [3.8, 4) is 5.75 Å². The van der Waals surface area contributed by atoms with Gasteiger partial charge in [0.05, 0.1) is 11.9 Å². The molecule has 0 radical (unpaired) electrons. The summed E-state index contributed by atoms with van der Waals surface area (Å²) in [6.45, 7) is 3.26. The molecule has 2 aromatic carbocycles. The van der Waals surface area contributed by atoms with Gasteiger partial charge in [0.1, 0.15) is 11.8 Å². The van der Waals surface area contributed by atoms with E-state index < -0.39 is 34.1 Å². The lowest BCUT2D eigenvalue weighted by Gasteiger charge is -2.28. The molecule has 0 fully saturated rings. The quantitative estimate of drug-likeness (QED) is 0.779. The summed E-state index contributed by atoms with van der Waals surface area (Å²) in [6.07, 6.45) is -3.83. The summed E-state index contributed by atoms with van der Waals surface area (Å²) in [5.74, 6) is -1.08. The number of rotatable bonds is 6. The molecule has 28 heavy (non-hydrogen) atoms. The molecule has 0 aliphatic rings. The zero-order chi connectivity index (χ0) is 21.1. The molecule has 2 rings (SSSR count). The molecule has 0 aliphatic carbocycles. The van der Waals surface area contributed by atoms with Crippen molar-refractivity contribution in [2.45, 2.75) is 26.3 Å². The van der Waals surface area contributed by atoms with E-state index in [-0.39, 0.29) is 5.69 Å². The number of carbonyl (C=O) groups excluding carboxylic acids is 1. The average molecular weight is 416 g/mol. The number of sulfonamides is 1. The van der Waals surface area contributed by atoms with E-state index in [4.69, 9.17) is 0 Å². The summed E-state index contributed by atoms with van der Waals surface area (Å²) in [5.41, 5.74) is 1.45. The topological polar surface area (TPSA) is 75.7 Å². The van der Waals surface area contributed by atoms with Gasteiger partial charge in [-0.1, -0.05) is 17.7 Å². The summed E-state index contributed by atoms with van der Waals surface area (Å²) >= 11 is 0. The molecule has 1 N–H and O–H groups in total. The third-order valence-electron chi connectivity index (χ3n) is 3.73. The Bertz CT molecular complexity index is 927. The van der Waals surface area contributed by atoms with Crippen LogP contribution in [0, 0.1) is 6.92 Å². The number of benzene rings is 2. The zero-order valence-electron chi connectivity index (χ0n) is 15.3. The maximum absolute atomic E-state index is 12.5. The van der Waals surface area contributed by atoms with Gasteiger partial charge in [0.2, 0.25) is 15.9 Å². The molecule has 1 amide bonds. The first kappa shape index (κ1) is 21.5. The Morgan fingerprint density at radius 1 is 1.07 bits per heavy atom. The third-order valence-corrected chi connectivity index (χ3v) is 4.97. The van der Waals surface area contributed by atoms with Crippen LogP contribution in [0.15, 0.2) is 48.5 Å². The van der Waals surface area contributed by atoms with Crippen molar-refractivity contribution in [3.63, 3.8) is 0 Å². The summed E-state index contributed by atoms with van der Waals surface area (Å²) < 4.78 is 65.7. The van der Waals surface area contributed by atoms with Crippen LogP contribution in [0.2, 0.25) is 0 Å². The van der Waals surface area contributed by atoms with Crippen LogP contribution in [-0.4, -0.2) is 33.0 Å². The van der Waals surface area contributed by atoms with Crippen LogP contribution in [0.5, 0.6) is 5.75 Å². The molecule has 152 valence electrons. The number of nitrogens with one attached hydrogen (secondary N) is 1. The highest BCUT2D eigenvalue weighted by molar-refractivity contribution is 7.92. The minimum Gasteiger partial charge on any atom is -0.406 e. The van der Waals surface area contributed by atoms with Crippen molar-refractivity contribution in [1.82, 2.24) is 0 Å². The lowest BCUT2D eigenvalue weighted by Crippen LogP contribution is -2.45. The molecule has 6 nitrogen and oxygen atoms in total. The van der Waals surface area contributed by atoms with Crippen LogP contribution >= 0.6 is 0 Å². The first-order valence-corrected chi connectivity index (χ1v) is 9.94. The lowest BCUT2D eigenvalue weighted by atomic mass is 10.2. The Kier molecular flexibility index (Phi) is 6.23. The van der Waals surface area contributed by atoms with Crippen molar-refractivity contribution in [3.05, 3.63) is 54.1 Å². The van der Waals surface area contributed by atoms with Gasteiger partial charge in [-0.3, -0.25) is 9.10 Å². The monoisotopic (exact) mass is 416 g/mol. The van der Waals surface area contributed by atoms with Gasteiger partial charge in [-0.15, -0.1) is 13.2 Å². The molecule has 0 aliphatic heterocycles. The number of hydrogen-bond acceptors (Lipinski definition) is 4. The van der Waals surface area contributed by atoms with Gasteiger partial charge >= 0.3 is 6.36 Å². The van der Waals surface area contributed by atoms with E-state index in [2.05, 4.69) is 10.1 Å². The van der Waals surface area contributed by atoms with Crippen LogP contribution in [0.3, 0.4) is 0 Å². The number of ether oxygens (including phenoxy) is 1. The van der Waals surface area contributed by atoms with Crippen LogP contribution in [0.4, 0.5) is 24.5 Å². The molecule has 0 bridgehead atoms. The van der Waals surface area contributed by atoms with Crippen molar-refractivity contribution in [1.29, 1.82) is 0 Å². The van der Waals surface area contributed by atoms with Gasteiger partial charge in [-0.2, -0.15) is 0 Å². The maximum atomic E-state index is 12.5. The van der Waals surface area contributed by atoms with E-state index in [0.29, 0.717) is 5.69 Å². The molecular weight excluding hydrogens is 397 g/mol. The van der Waals surface area contributed by atoms with Crippen LogP contribution in [-0.2, 0) is 14.8 Å². The Balaban J connectivity index is 2.18. The fourth-order valence-corrected chi connectivity index (χ4v) is 3.66. The lowest BCUT2D eigenvalue weighted by molar-refractivity contribution is -0.274. The van der Waals surface area contributed by atoms with Crippen molar-refractivity contribution in [2.24, 2.45) is 0 Å². The number of halogens is 3. The predicted molar refractivity (Wildman–Crippen MR) is 99.7 cm³/mol. The second-order valence-electron chi connectivity index (χ2n) is 6.13. The normalized spacial score (nSPS) is 12.9. The number of anilines is 2. The largest absolute Gasteiger partial charge is 0.573 e. The van der Waals surface area contributed by atoms with Crippen molar-refractivity contribution >= 4 is 27.3 Å². The molecule has 10 heteroatoms. The number of alkyl halides is 3. The number of amides is 1. The molecule has 0 saturated carbocycles. The van der Waals surface area contributed by atoms with Gasteiger partial charge in [0.15, 0.2) is 0 Å². The van der Waals surface area contributed by atoms with E-state index in [1.54, 1.807) is 24.3 Å². The summed E-state index contributed by atoms with van der Waals surface area (Å²) in [6, 6.07) is 10.1. The number of aryl methyl sites for hydroxylation is 1. The summed E-state index contributed by atoms with van der Waals surface area (Å²) in [5, 5.41) is 2.48. The van der Waals surface area contributed by atoms with E-state index in [1.807, 2.05) is 6.92 Å². The highest BCUT2D eigenvalue weighted by Gasteiger charge is 2.31. The Hall–Kier alpha value is -2.75. The van der Waals surface area contributed by atoms with Crippen LogP contribution in [0.25, 0.3) is 0 Å². The minimum absolute atomic E-state index is 0.198. The van der Waals surface area contributed by atoms with Gasteiger partial charge in [-0.05, 0) is 50.2 Å². The molecule has 0 heterocycles. The van der Waals surface area contributed by atoms with E-state index >= 15 is 0 Å². The first-order valence-electron chi connectivity index (χ1n) is 8.09. The predicted octanol–water partition coefficient (Wildman–Crippen LogP) is 3.69. The highest BCUT2D eigenvalue weighted by Crippen LogP contribution is 2.25. The molecule has 0 aromatic heterocycles. The number of hydrogen-bond donors (Lipinski definition) is 1. The Morgan fingerprint density at radius 3 is 2.07 bits per heavy atom.